The van der Waals surface area contributed by atoms with Crippen LogP contribution in [0.2, 0.25) is 0 Å². The summed E-state index contributed by atoms with van der Waals surface area (Å²) in [6.45, 7) is 0. The predicted molar refractivity (Wildman–Crippen MR) is 47.9 cm³/mol. The minimum atomic E-state index is -0.548. The number of halogens is 1. The minimum absolute atomic E-state index is 0.0461. The van der Waals surface area contributed by atoms with Crippen molar-refractivity contribution in [3.63, 3.8) is 0 Å². The van der Waals surface area contributed by atoms with E-state index in [2.05, 4.69) is 0 Å². The van der Waals surface area contributed by atoms with Gasteiger partial charge in [-0.2, -0.15) is 0 Å². The van der Waals surface area contributed by atoms with Crippen LogP contribution in [0, 0.1) is 5.82 Å². The molecule has 1 aromatic rings. The molecule has 1 aliphatic rings. The third-order valence-corrected chi connectivity index (χ3v) is 2.57. The number of benzene rings is 1. The van der Waals surface area contributed by atoms with Gasteiger partial charge >= 0.3 is 0 Å². The second-order valence-electron chi connectivity index (χ2n) is 3.50. The van der Waals surface area contributed by atoms with Crippen LogP contribution in [0.25, 0.3) is 0 Å². The van der Waals surface area contributed by atoms with E-state index in [0.29, 0.717) is 0 Å². The van der Waals surface area contributed by atoms with E-state index in [4.69, 9.17) is 10.8 Å². The van der Waals surface area contributed by atoms with Gasteiger partial charge in [-0.15, -0.1) is 0 Å². The van der Waals surface area contributed by atoms with Gasteiger partial charge in [0.25, 0.3) is 0 Å². The van der Waals surface area contributed by atoms with Crippen LogP contribution < -0.4 is 5.73 Å². The lowest BCUT2D eigenvalue weighted by molar-refractivity contribution is 0.427. The molecule has 0 aliphatic heterocycles. The number of nitrogens with two attached hydrogens (primary N) is 1. The van der Waals surface area contributed by atoms with Gasteiger partial charge in [-0.1, -0.05) is 0 Å². The van der Waals surface area contributed by atoms with Crippen LogP contribution in [0.4, 0.5) is 4.39 Å². The van der Waals surface area contributed by atoms with Crippen molar-refractivity contribution in [2.45, 2.75) is 25.3 Å². The monoisotopic (exact) mass is 181 g/mol. The first-order valence-electron chi connectivity index (χ1n) is 4.45. The molecule has 2 rings (SSSR count). The van der Waals surface area contributed by atoms with E-state index < -0.39 is 5.82 Å². The van der Waals surface area contributed by atoms with Crippen LogP contribution in [0.1, 0.15) is 30.0 Å². The Kier molecular flexibility index (Phi) is 1.96. The molecule has 1 aliphatic carbocycles. The molecule has 0 saturated heterocycles. The second-order valence-corrected chi connectivity index (χ2v) is 3.50. The highest BCUT2D eigenvalue weighted by atomic mass is 19.1. The highest BCUT2D eigenvalue weighted by Crippen LogP contribution is 2.31. The van der Waals surface area contributed by atoms with E-state index in [9.17, 15) is 4.39 Å². The first-order valence-corrected chi connectivity index (χ1v) is 4.45. The molecule has 0 spiro atoms. The molecule has 0 saturated carbocycles. The highest BCUT2D eigenvalue weighted by Gasteiger charge is 2.18. The molecule has 1 aromatic carbocycles. The molecule has 0 amide bonds. The average Bonchev–Trinajstić information content (AvgIpc) is 2.09. The molecule has 0 aromatic heterocycles. The molecule has 13 heavy (non-hydrogen) atoms. The Hall–Kier alpha value is -1.09. The SMILES string of the molecule is NC1CCCc2cc(F)c(O)cc21. The van der Waals surface area contributed by atoms with Crippen molar-refractivity contribution < 1.29 is 9.50 Å². The van der Waals surface area contributed by atoms with Gasteiger partial charge in [-0.25, -0.2) is 4.39 Å². The van der Waals surface area contributed by atoms with Crippen LogP contribution in [0.5, 0.6) is 5.75 Å². The van der Waals surface area contributed by atoms with Gasteiger partial charge in [-0.05, 0) is 42.5 Å². The normalized spacial score (nSPS) is 21.2. The first kappa shape index (κ1) is 8.51. The van der Waals surface area contributed by atoms with Crippen molar-refractivity contribution in [2.24, 2.45) is 5.73 Å². The third kappa shape index (κ3) is 1.40. The van der Waals surface area contributed by atoms with E-state index in [1.165, 1.54) is 12.1 Å². The number of phenolic OH excluding ortho intramolecular Hbond substituents is 1. The van der Waals surface area contributed by atoms with E-state index in [1.54, 1.807) is 0 Å². The summed E-state index contributed by atoms with van der Waals surface area (Å²) in [7, 11) is 0. The zero-order valence-electron chi connectivity index (χ0n) is 7.26. The Morgan fingerprint density at radius 1 is 1.46 bits per heavy atom. The molecule has 1 unspecified atom stereocenters. The number of hydrogen-bond donors (Lipinski definition) is 2. The van der Waals surface area contributed by atoms with E-state index in [0.717, 1.165) is 30.4 Å². The summed E-state index contributed by atoms with van der Waals surface area (Å²) in [5, 5.41) is 9.16. The van der Waals surface area contributed by atoms with Crippen LogP contribution in [0.15, 0.2) is 12.1 Å². The maximum atomic E-state index is 12.9. The number of fused-ring (bicyclic) bond motifs is 1. The van der Waals surface area contributed by atoms with E-state index >= 15 is 0 Å². The van der Waals surface area contributed by atoms with Gasteiger partial charge in [-0.3, -0.25) is 0 Å². The minimum Gasteiger partial charge on any atom is -0.505 e. The molecular formula is C10H12FNO. The number of phenols is 1. The smallest absolute Gasteiger partial charge is 0.165 e. The quantitative estimate of drug-likeness (QED) is 0.641. The van der Waals surface area contributed by atoms with Gasteiger partial charge in [0.15, 0.2) is 11.6 Å². The van der Waals surface area contributed by atoms with Crippen molar-refractivity contribution in [1.82, 2.24) is 0 Å². The third-order valence-electron chi connectivity index (χ3n) is 2.57. The van der Waals surface area contributed by atoms with E-state index in [-0.39, 0.29) is 11.8 Å². The second kappa shape index (κ2) is 3.00. The van der Waals surface area contributed by atoms with Crippen molar-refractivity contribution in [2.75, 3.05) is 0 Å². The molecule has 3 heteroatoms. The first-order chi connectivity index (χ1) is 6.18. The number of hydrogen-bond acceptors (Lipinski definition) is 2. The van der Waals surface area contributed by atoms with Crippen LogP contribution >= 0.6 is 0 Å². The molecule has 3 N–H and O–H groups in total. The Bertz CT molecular complexity index is 338. The predicted octanol–water partition coefficient (Wildman–Crippen LogP) is 1.87. The van der Waals surface area contributed by atoms with Gasteiger partial charge in [0.2, 0.25) is 0 Å². The van der Waals surface area contributed by atoms with E-state index in [1.807, 2.05) is 0 Å². The zero-order valence-corrected chi connectivity index (χ0v) is 7.26. The van der Waals surface area contributed by atoms with Crippen LogP contribution in [0.3, 0.4) is 0 Å². The topological polar surface area (TPSA) is 46.2 Å². The summed E-state index contributed by atoms with van der Waals surface area (Å²) in [5.41, 5.74) is 7.66. The van der Waals surface area contributed by atoms with Gasteiger partial charge in [0, 0.05) is 6.04 Å². The maximum Gasteiger partial charge on any atom is 0.165 e. The Labute approximate surface area is 76.2 Å². The van der Waals surface area contributed by atoms with Gasteiger partial charge in [0.05, 0.1) is 0 Å². The largest absolute Gasteiger partial charge is 0.505 e. The fraction of sp³-hybridized carbons (Fsp3) is 0.400. The van der Waals surface area contributed by atoms with Gasteiger partial charge < -0.3 is 10.8 Å². The standard InChI is InChI=1S/C10H12FNO/c11-8-4-6-2-1-3-9(12)7(6)5-10(8)13/h4-5,9,13H,1-3,12H2. The number of aromatic hydroxyl groups is 1. The fourth-order valence-electron chi connectivity index (χ4n) is 1.85. The molecule has 0 radical (unpaired) electrons. The lowest BCUT2D eigenvalue weighted by Crippen LogP contribution is -2.17. The molecule has 0 fully saturated rings. The molecule has 0 bridgehead atoms. The van der Waals surface area contributed by atoms with Crippen LogP contribution in [-0.4, -0.2) is 5.11 Å². The lowest BCUT2D eigenvalue weighted by Gasteiger charge is -2.22. The Morgan fingerprint density at radius 2 is 2.23 bits per heavy atom. The fourth-order valence-corrected chi connectivity index (χ4v) is 1.85. The van der Waals surface area contributed by atoms with Crippen LogP contribution in [-0.2, 0) is 6.42 Å². The number of rotatable bonds is 0. The summed E-state index contributed by atoms with van der Waals surface area (Å²) >= 11 is 0. The Balaban J connectivity index is 2.52. The summed E-state index contributed by atoms with van der Waals surface area (Å²) in [6.07, 6.45) is 2.77. The number of aryl methyl sites for hydroxylation is 1. The molecule has 2 nitrogen and oxygen atoms in total. The lowest BCUT2D eigenvalue weighted by atomic mass is 9.88. The van der Waals surface area contributed by atoms with Crippen molar-refractivity contribution in [3.8, 4) is 5.75 Å². The van der Waals surface area contributed by atoms with Crippen molar-refractivity contribution in [3.05, 3.63) is 29.1 Å². The zero-order chi connectivity index (χ0) is 9.42. The summed E-state index contributed by atoms with van der Waals surface area (Å²) < 4.78 is 12.9. The highest BCUT2D eigenvalue weighted by molar-refractivity contribution is 5.39. The van der Waals surface area contributed by atoms with Gasteiger partial charge in [0.1, 0.15) is 0 Å². The summed E-state index contributed by atoms with van der Waals surface area (Å²) in [4.78, 5) is 0. The maximum absolute atomic E-state index is 12.9. The van der Waals surface area contributed by atoms with Crippen molar-refractivity contribution in [1.29, 1.82) is 0 Å². The summed E-state index contributed by atoms with van der Waals surface area (Å²) in [6, 6.07) is 2.80. The summed E-state index contributed by atoms with van der Waals surface area (Å²) in [5.74, 6) is -0.844. The van der Waals surface area contributed by atoms with Crippen molar-refractivity contribution >= 4 is 0 Å². The molecular weight excluding hydrogens is 169 g/mol. The molecule has 1 atom stereocenters. The Morgan fingerprint density at radius 3 is 3.00 bits per heavy atom. The molecule has 70 valence electrons. The average molecular weight is 181 g/mol. The molecule has 0 heterocycles.